The number of ether oxygens (including phenoxy) is 1. The molecule has 0 aliphatic heterocycles. The summed E-state index contributed by atoms with van der Waals surface area (Å²) in [4.78, 5) is 0. The largest absolute Gasteiger partial charge is 0.471 e. The number of halogens is 2. The lowest BCUT2D eigenvalue weighted by Crippen LogP contribution is -2.06. The van der Waals surface area contributed by atoms with E-state index in [1.54, 1.807) is 12.1 Å². The van der Waals surface area contributed by atoms with Crippen LogP contribution in [0.1, 0.15) is 22.3 Å². The summed E-state index contributed by atoms with van der Waals surface area (Å²) in [5.41, 5.74) is 9.29. The van der Waals surface area contributed by atoms with Gasteiger partial charge in [-0.1, -0.05) is 59.1 Å². The van der Waals surface area contributed by atoms with Gasteiger partial charge in [-0.3, -0.25) is 0 Å². The molecule has 2 aromatic carbocycles. The lowest BCUT2D eigenvalue weighted by molar-refractivity contribution is 0.289. The average molecular weight is 387 g/mol. The summed E-state index contributed by atoms with van der Waals surface area (Å²) in [6.07, 6.45) is 0. The predicted octanol–water partition coefficient (Wildman–Crippen LogP) is 4.58. The van der Waals surface area contributed by atoms with E-state index in [0.29, 0.717) is 23.2 Å². The number of hydrogen-bond acceptors (Lipinski definition) is 4. The molecule has 0 amide bonds. The van der Waals surface area contributed by atoms with Crippen LogP contribution in [0.4, 0.5) is 5.82 Å². The van der Waals surface area contributed by atoms with Crippen LogP contribution >= 0.6 is 23.2 Å². The van der Waals surface area contributed by atoms with E-state index in [-0.39, 0.29) is 17.3 Å². The zero-order valence-corrected chi connectivity index (χ0v) is 15.6. The summed E-state index contributed by atoms with van der Waals surface area (Å²) in [5, 5.41) is 14.6. The predicted molar refractivity (Wildman–Crippen MR) is 102 cm³/mol. The summed E-state index contributed by atoms with van der Waals surface area (Å²) >= 11 is 12.0. The van der Waals surface area contributed by atoms with Gasteiger partial charge in [-0.25, -0.2) is 4.68 Å². The Morgan fingerprint density at radius 1 is 1.12 bits per heavy atom. The van der Waals surface area contributed by atoms with Crippen LogP contribution < -0.4 is 10.5 Å². The highest BCUT2D eigenvalue weighted by Gasteiger charge is 2.17. The van der Waals surface area contributed by atoms with Gasteiger partial charge in [0.15, 0.2) is 5.56 Å². The average Bonchev–Trinajstić information content (AvgIpc) is 2.92. The number of hydrogen-bond donors (Lipinski definition) is 1. The molecule has 3 aromatic rings. The normalized spacial score (nSPS) is 10.5. The molecule has 0 spiro atoms. The molecule has 3 rings (SSSR count). The Bertz CT molecular complexity index is 974. The maximum Gasteiger partial charge on any atom is 0.253 e. The van der Waals surface area contributed by atoms with Crippen molar-refractivity contribution in [2.24, 2.45) is 0 Å². The number of nitriles is 1. The Labute approximate surface area is 161 Å². The van der Waals surface area contributed by atoms with E-state index in [1.807, 2.05) is 37.3 Å². The zero-order chi connectivity index (χ0) is 18.7. The standard InChI is InChI=1S/C19H16Cl2N4O/c1-12-2-4-13(5-3-12)11-26-19-15(9-22)18(23)25(24-19)10-14-6-7-16(20)17(21)8-14/h2-8H,10-11,23H2,1H3. The van der Waals surface area contributed by atoms with Gasteiger partial charge >= 0.3 is 0 Å². The molecule has 0 saturated heterocycles. The lowest BCUT2D eigenvalue weighted by atomic mass is 10.2. The molecule has 26 heavy (non-hydrogen) atoms. The van der Waals surface area contributed by atoms with Crippen LogP contribution in [0, 0.1) is 18.3 Å². The fourth-order valence-corrected chi connectivity index (χ4v) is 2.75. The number of benzene rings is 2. The third-order valence-corrected chi connectivity index (χ3v) is 4.62. The summed E-state index contributed by atoms with van der Waals surface area (Å²) in [6.45, 7) is 2.67. The molecule has 0 bridgehead atoms. The fourth-order valence-electron chi connectivity index (χ4n) is 2.43. The molecule has 0 saturated carbocycles. The number of nitrogens with zero attached hydrogens (tertiary/aromatic N) is 3. The molecule has 7 heteroatoms. The molecule has 5 nitrogen and oxygen atoms in total. The number of aryl methyl sites for hydroxylation is 1. The van der Waals surface area contributed by atoms with Crippen molar-refractivity contribution in [1.82, 2.24) is 9.78 Å². The first kappa shape index (κ1) is 18.1. The highest BCUT2D eigenvalue weighted by Crippen LogP contribution is 2.27. The van der Waals surface area contributed by atoms with Crippen molar-refractivity contribution in [3.05, 3.63) is 74.8 Å². The third-order valence-electron chi connectivity index (χ3n) is 3.88. The smallest absolute Gasteiger partial charge is 0.253 e. The van der Waals surface area contributed by atoms with Crippen molar-refractivity contribution in [2.75, 3.05) is 5.73 Å². The summed E-state index contributed by atoms with van der Waals surface area (Å²) in [6, 6.07) is 15.3. The molecule has 2 N–H and O–H groups in total. The van der Waals surface area contributed by atoms with Gasteiger partial charge in [-0.15, -0.1) is 5.10 Å². The molecule has 0 atom stereocenters. The van der Waals surface area contributed by atoms with Crippen molar-refractivity contribution in [1.29, 1.82) is 5.26 Å². The molecule has 0 unspecified atom stereocenters. The second-order valence-electron chi connectivity index (χ2n) is 5.86. The van der Waals surface area contributed by atoms with E-state index in [1.165, 1.54) is 10.2 Å². The van der Waals surface area contributed by atoms with Crippen molar-refractivity contribution < 1.29 is 4.74 Å². The van der Waals surface area contributed by atoms with Crippen molar-refractivity contribution in [2.45, 2.75) is 20.1 Å². The summed E-state index contributed by atoms with van der Waals surface area (Å²) in [5.74, 6) is 0.461. The van der Waals surface area contributed by atoms with Crippen molar-refractivity contribution in [3.63, 3.8) is 0 Å². The molecule has 132 valence electrons. The zero-order valence-electron chi connectivity index (χ0n) is 14.0. The Balaban J connectivity index is 1.81. The maximum atomic E-state index is 9.39. The van der Waals surface area contributed by atoms with Crippen LogP contribution in [0.3, 0.4) is 0 Å². The number of anilines is 1. The lowest BCUT2D eigenvalue weighted by Gasteiger charge is -2.05. The number of rotatable bonds is 5. The molecule has 0 aliphatic carbocycles. The highest BCUT2D eigenvalue weighted by molar-refractivity contribution is 6.42. The van der Waals surface area contributed by atoms with Crippen LogP contribution in [0.2, 0.25) is 10.0 Å². The van der Waals surface area contributed by atoms with E-state index in [4.69, 9.17) is 33.7 Å². The van der Waals surface area contributed by atoms with Crippen LogP contribution in [-0.2, 0) is 13.2 Å². The Morgan fingerprint density at radius 3 is 2.46 bits per heavy atom. The topological polar surface area (TPSA) is 76.9 Å². The van der Waals surface area contributed by atoms with Crippen LogP contribution in [0.25, 0.3) is 0 Å². The minimum Gasteiger partial charge on any atom is -0.471 e. The first-order valence-electron chi connectivity index (χ1n) is 7.86. The molecular weight excluding hydrogens is 371 g/mol. The molecule has 0 aliphatic rings. The van der Waals surface area contributed by atoms with Gasteiger partial charge < -0.3 is 10.5 Å². The number of aromatic nitrogens is 2. The van der Waals surface area contributed by atoms with Crippen LogP contribution in [0.15, 0.2) is 42.5 Å². The van der Waals surface area contributed by atoms with E-state index in [0.717, 1.165) is 11.1 Å². The Morgan fingerprint density at radius 2 is 1.81 bits per heavy atom. The van der Waals surface area contributed by atoms with Gasteiger partial charge in [-0.2, -0.15) is 5.26 Å². The van der Waals surface area contributed by atoms with E-state index >= 15 is 0 Å². The SMILES string of the molecule is Cc1ccc(COc2nn(Cc3ccc(Cl)c(Cl)c3)c(N)c2C#N)cc1. The first-order chi connectivity index (χ1) is 12.5. The minimum atomic E-state index is 0.214. The summed E-state index contributed by atoms with van der Waals surface area (Å²) in [7, 11) is 0. The van der Waals surface area contributed by atoms with Crippen molar-refractivity contribution in [3.8, 4) is 11.9 Å². The highest BCUT2D eigenvalue weighted by atomic mass is 35.5. The van der Waals surface area contributed by atoms with Gasteiger partial charge in [0, 0.05) is 0 Å². The molecule has 0 fully saturated rings. The van der Waals surface area contributed by atoms with Crippen LogP contribution in [-0.4, -0.2) is 9.78 Å². The summed E-state index contributed by atoms with van der Waals surface area (Å²) < 4.78 is 7.23. The Hall–Kier alpha value is -2.68. The van der Waals surface area contributed by atoms with Gasteiger partial charge in [0.2, 0.25) is 0 Å². The van der Waals surface area contributed by atoms with Crippen molar-refractivity contribution >= 4 is 29.0 Å². The minimum absolute atomic E-state index is 0.214. The second kappa shape index (κ2) is 7.69. The van der Waals surface area contributed by atoms with Crippen LogP contribution in [0.5, 0.6) is 5.88 Å². The van der Waals surface area contributed by atoms with E-state index in [9.17, 15) is 5.26 Å². The number of nitrogens with two attached hydrogens (primary N) is 1. The molecule has 0 radical (unpaired) electrons. The Kier molecular flexibility index (Phi) is 5.36. The second-order valence-corrected chi connectivity index (χ2v) is 6.67. The molecule has 1 aromatic heterocycles. The molecular formula is C19H16Cl2N4O. The maximum absolute atomic E-state index is 9.39. The van der Waals surface area contributed by atoms with Gasteiger partial charge in [-0.05, 0) is 30.2 Å². The van der Waals surface area contributed by atoms with Gasteiger partial charge in [0.05, 0.1) is 16.6 Å². The van der Waals surface area contributed by atoms with Gasteiger partial charge in [0.1, 0.15) is 18.5 Å². The van der Waals surface area contributed by atoms with E-state index in [2.05, 4.69) is 11.2 Å². The molecule has 1 heterocycles. The fraction of sp³-hybridized carbons (Fsp3) is 0.158. The monoisotopic (exact) mass is 386 g/mol. The number of nitrogen functional groups attached to an aromatic ring is 1. The quantitative estimate of drug-likeness (QED) is 0.695. The van der Waals surface area contributed by atoms with Gasteiger partial charge in [0.25, 0.3) is 5.88 Å². The van der Waals surface area contributed by atoms with E-state index < -0.39 is 0 Å². The first-order valence-corrected chi connectivity index (χ1v) is 8.62. The third kappa shape index (κ3) is 3.93.